The van der Waals surface area contributed by atoms with Crippen LogP contribution < -0.4 is 15.2 Å². The third-order valence-electron chi connectivity index (χ3n) is 5.83. The predicted octanol–water partition coefficient (Wildman–Crippen LogP) is 5.06. The van der Waals surface area contributed by atoms with Gasteiger partial charge in [0.25, 0.3) is 0 Å². The van der Waals surface area contributed by atoms with Gasteiger partial charge >= 0.3 is 0 Å². The van der Waals surface area contributed by atoms with Crippen LogP contribution in [0.15, 0.2) is 97.3 Å². The fourth-order valence-corrected chi connectivity index (χ4v) is 4.06. The SMILES string of the molecule is NC(=O)c1ccc([C@@H](Oc2ccc3c(c2)OC(c2ccccc2)CC3=O)c2ccncc2)cc1. The number of ketones is 1. The quantitative estimate of drug-likeness (QED) is 0.444. The van der Waals surface area contributed by atoms with E-state index in [1.165, 1.54) is 0 Å². The first-order chi connectivity index (χ1) is 16.6. The van der Waals surface area contributed by atoms with E-state index in [0.29, 0.717) is 29.0 Å². The summed E-state index contributed by atoms with van der Waals surface area (Å²) in [5.41, 5.74) is 9.04. The van der Waals surface area contributed by atoms with Crippen LogP contribution in [0.3, 0.4) is 0 Å². The number of nitrogens with zero attached hydrogens (tertiary/aromatic N) is 1. The second kappa shape index (κ2) is 9.19. The van der Waals surface area contributed by atoms with E-state index in [2.05, 4.69) is 4.98 Å². The van der Waals surface area contributed by atoms with Gasteiger partial charge < -0.3 is 15.2 Å². The number of rotatable bonds is 6. The Morgan fingerprint density at radius 3 is 2.35 bits per heavy atom. The van der Waals surface area contributed by atoms with Crippen molar-refractivity contribution in [3.63, 3.8) is 0 Å². The van der Waals surface area contributed by atoms with Gasteiger partial charge in [0, 0.05) is 24.0 Å². The molecule has 34 heavy (non-hydrogen) atoms. The number of carbonyl (C=O) groups excluding carboxylic acids is 2. The van der Waals surface area contributed by atoms with Crippen LogP contribution in [-0.4, -0.2) is 16.7 Å². The van der Waals surface area contributed by atoms with Crippen molar-refractivity contribution in [2.45, 2.75) is 18.6 Å². The lowest BCUT2D eigenvalue weighted by Gasteiger charge is -2.27. The largest absolute Gasteiger partial charge is 0.484 e. The molecule has 1 aromatic heterocycles. The highest BCUT2D eigenvalue weighted by atomic mass is 16.5. The first-order valence-corrected chi connectivity index (χ1v) is 10.9. The molecule has 6 heteroatoms. The molecule has 0 saturated carbocycles. The number of aromatic nitrogens is 1. The Balaban J connectivity index is 1.46. The van der Waals surface area contributed by atoms with Crippen molar-refractivity contribution in [3.05, 3.63) is 125 Å². The van der Waals surface area contributed by atoms with Crippen molar-refractivity contribution < 1.29 is 19.1 Å². The molecule has 1 aliphatic heterocycles. The molecule has 0 radical (unpaired) electrons. The number of pyridine rings is 1. The van der Waals surface area contributed by atoms with Gasteiger partial charge in [0.2, 0.25) is 5.91 Å². The number of primary amides is 1. The van der Waals surface area contributed by atoms with Crippen molar-refractivity contribution >= 4 is 11.7 Å². The summed E-state index contributed by atoms with van der Waals surface area (Å²) < 4.78 is 12.6. The number of benzene rings is 3. The van der Waals surface area contributed by atoms with Crippen molar-refractivity contribution in [3.8, 4) is 11.5 Å². The smallest absolute Gasteiger partial charge is 0.248 e. The van der Waals surface area contributed by atoms with E-state index in [1.807, 2.05) is 54.6 Å². The summed E-state index contributed by atoms with van der Waals surface area (Å²) in [6.07, 6.45) is 2.88. The Morgan fingerprint density at radius 2 is 1.65 bits per heavy atom. The predicted molar refractivity (Wildman–Crippen MR) is 127 cm³/mol. The number of Topliss-reactive ketones (excluding diaryl/α,β-unsaturated/α-hetero) is 1. The van der Waals surface area contributed by atoms with Crippen LogP contribution in [-0.2, 0) is 0 Å². The van der Waals surface area contributed by atoms with Crippen LogP contribution in [0, 0.1) is 0 Å². The van der Waals surface area contributed by atoms with Crippen LogP contribution in [0.1, 0.15) is 56.0 Å². The van der Waals surface area contributed by atoms with Crippen molar-refractivity contribution in [2.24, 2.45) is 5.73 Å². The Labute approximate surface area is 197 Å². The maximum absolute atomic E-state index is 12.8. The van der Waals surface area contributed by atoms with Gasteiger partial charge in [-0.2, -0.15) is 0 Å². The summed E-state index contributed by atoms with van der Waals surface area (Å²) in [6.45, 7) is 0. The molecular formula is C28H22N2O4. The first-order valence-electron chi connectivity index (χ1n) is 10.9. The Hall–Kier alpha value is -4.45. The molecule has 3 aromatic carbocycles. The third kappa shape index (κ3) is 4.38. The molecule has 168 valence electrons. The van der Waals surface area contributed by atoms with Crippen molar-refractivity contribution in [2.75, 3.05) is 0 Å². The molecule has 5 rings (SSSR count). The maximum Gasteiger partial charge on any atom is 0.248 e. The number of amides is 1. The second-order valence-electron chi connectivity index (χ2n) is 8.07. The molecular weight excluding hydrogens is 428 g/mol. The average Bonchev–Trinajstić information content (AvgIpc) is 2.88. The molecule has 1 aliphatic rings. The second-order valence-corrected chi connectivity index (χ2v) is 8.07. The molecule has 0 fully saturated rings. The topological polar surface area (TPSA) is 91.5 Å². The molecule has 2 atom stereocenters. The number of carbonyl (C=O) groups is 2. The van der Waals surface area contributed by atoms with E-state index in [1.54, 1.807) is 42.7 Å². The minimum absolute atomic E-state index is 0.0365. The van der Waals surface area contributed by atoms with E-state index in [0.717, 1.165) is 16.7 Å². The molecule has 1 unspecified atom stereocenters. The highest BCUT2D eigenvalue weighted by Crippen LogP contribution is 2.38. The van der Waals surface area contributed by atoms with Gasteiger partial charge in [-0.25, -0.2) is 0 Å². The normalized spacial score (nSPS) is 15.6. The molecule has 0 saturated heterocycles. The van der Waals surface area contributed by atoms with Crippen LogP contribution in [0.5, 0.6) is 11.5 Å². The Kier molecular flexibility index (Phi) is 5.79. The summed E-state index contributed by atoms with van der Waals surface area (Å²) in [6, 6.07) is 25.7. The van der Waals surface area contributed by atoms with Crippen LogP contribution in [0.4, 0.5) is 0 Å². The molecule has 0 bridgehead atoms. The average molecular weight is 450 g/mol. The number of hydrogen-bond acceptors (Lipinski definition) is 5. The van der Waals surface area contributed by atoms with Crippen molar-refractivity contribution in [1.29, 1.82) is 0 Å². The minimum Gasteiger partial charge on any atom is -0.484 e. The third-order valence-corrected chi connectivity index (χ3v) is 5.83. The van der Waals surface area contributed by atoms with Gasteiger partial charge in [-0.15, -0.1) is 0 Å². The van der Waals surface area contributed by atoms with Gasteiger partial charge in [-0.3, -0.25) is 14.6 Å². The lowest BCUT2D eigenvalue weighted by Crippen LogP contribution is -2.20. The molecule has 2 N–H and O–H groups in total. The fourth-order valence-electron chi connectivity index (χ4n) is 4.06. The zero-order valence-electron chi connectivity index (χ0n) is 18.3. The molecule has 6 nitrogen and oxygen atoms in total. The van der Waals surface area contributed by atoms with E-state index in [-0.39, 0.29) is 11.9 Å². The lowest BCUT2D eigenvalue weighted by atomic mass is 9.96. The highest BCUT2D eigenvalue weighted by molar-refractivity contribution is 6.00. The Morgan fingerprint density at radius 1 is 0.941 bits per heavy atom. The fraction of sp³-hybridized carbons (Fsp3) is 0.107. The summed E-state index contributed by atoms with van der Waals surface area (Å²) in [4.78, 5) is 28.3. The molecule has 2 heterocycles. The molecule has 1 amide bonds. The summed E-state index contributed by atoms with van der Waals surface area (Å²) in [5, 5.41) is 0. The van der Waals surface area contributed by atoms with Gasteiger partial charge in [0.15, 0.2) is 5.78 Å². The first kappa shape index (κ1) is 21.4. The van der Waals surface area contributed by atoms with E-state index in [9.17, 15) is 9.59 Å². The highest BCUT2D eigenvalue weighted by Gasteiger charge is 2.28. The Bertz CT molecular complexity index is 1320. The summed E-state index contributed by atoms with van der Waals surface area (Å²) >= 11 is 0. The van der Waals surface area contributed by atoms with E-state index in [4.69, 9.17) is 15.2 Å². The van der Waals surface area contributed by atoms with Crippen LogP contribution in [0.2, 0.25) is 0 Å². The number of hydrogen-bond donors (Lipinski definition) is 1. The molecule has 0 spiro atoms. The van der Waals surface area contributed by atoms with Gasteiger partial charge in [0.05, 0.1) is 12.0 Å². The monoisotopic (exact) mass is 450 g/mol. The summed E-state index contributed by atoms with van der Waals surface area (Å²) in [7, 11) is 0. The lowest BCUT2D eigenvalue weighted by molar-refractivity contribution is 0.0848. The number of fused-ring (bicyclic) bond motifs is 1. The standard InChI is InChI=1S/C28H22N2O4/c29-28(32)21-8-6-19(7-9-21)27(20-12-14-30-15-13-20)33-22-10-11-23-24(31)17-25(34-26(23)16-22)18-4-2-1-3-5-18/h1-16,25,27H,17H2,(H2,29,32)/t25?,27-/m1/s1. The zero-order valence-corrected chi connectivity index (χ0v) is 18.3. The van der Waals surface area contributed by atoms with Crippen molar-refractivity contribution in [1.82, 2.24) is 4.98 Å². The summed E-state index contributed by atoms with van der Waals surface area (Å²) in [5.74, 6) is 0.605. The minimum atomic E-state index is -0.489. The number of ether oxygens (including phenoxy) is 2. The van der Waals surface area contributed by atoms with Crippen LogP contribution in [0.25, 0.3) is 0 Å². The van der Waals surface area contributed by atoms with E-state index >= 15 is 0 Å². The van der Waals surface area contributed by atoms with Crippen LogP contribution >= 0.6 is 0 Å². The van der Waals surface area contributed by atoms with Gasteiger partial charge in [-0.1, -0.05) is 42.5 Å². The van der Waals surface area contributed by atoms with Gasteiger partial charge in [-0.05, 0) is 53.1 Å². The molecule has 4 aromatic rings. The number of nitrogens with two attached hydrogens (primary N) is 1. The molecule has 0 aliphatic carbocycles. The van der Waals surface area contributed by atoms with E-state index < -0.39 is 12.0 Å². The maximum atomic E-state index is 12.8. The zero-order chi connectivity index (χ0) is 23.5. The van der Waals surface area contributed by atoms with Gasteiger partial charge in [0.1, 0.15) is 23.7 Å².